The van der Waals surface area contributed by atoms with Crippen LogP contribution in [0.25, 0.3) is 0 Å². The van der Waals surface area contributed by atoms with Crippen LogP contribution in [0.2, 0.25) is 0 Å². The molecule has 0 aromatic carbocycles. The van der Waals surface area contributed by atoms with Crippen LogP contribution >= 0.6 is 0 Å². The first kappa shape index (κ1) is 9.76. The maximum atomic E-state index is 4.54. The molecule has 0 spiro atoms. The molecule has 0 fully saturated rings. The first-order valence-corrected chi connectivity index (χ1v) is 5.45. The zero-order chi connectivity index (χ0) is 8.65. The topological polar surface area (TPSA) is 12.4 Å². The Morgan fingerprint density at radius 1 is 1.17 bits per heavy atom. The minimum Gasteiger partial charge on any atom is -0.294 e. The van der Waals surface area contributed by atoms with Gasteiger partial charge in [0.05, 0.1) is 0 Å². The third-order valence-corrected chi connectivity index (χ3v) is 2.53. The minimum absolute atomic E-state index is 1.10. The molecule has 0 amide bonds. The molecule has 0 N–H and O–H groups in total. The van der Waals surface area contributed by atoms with Crippen molar-refractivity contribution in [1.82, 2.24) is 0 Å². The molecule has 0 radical (unpaired) electrons. The molecule has 0 bridgehead atoms. The summed E-state index contributed by atoms with van der Waals surface area (Å²) in [6.45, 7) is 3.36. The Hall–Kier alpha value is -0.330. The van der Waals surface area contributed by atoms with Crippen molar-refractivity contribution in [3.8, 4) is 0 Å². The van der Waals surface area contributed by atoms with E-state index < -0.39 is 0 Å². The van der Waals surface area contributed by atoms with E-state index in [0.29, 0.717) is 0 Å². The van der Waals surface area contributed by atoms with Gasteiger partial charge in [0.2, 0.25) is 0 Å². The largest absolute Gasteiger partial charge is 0.294 e. The van der Waals surface area contributed by atoms with Crippen molar-refractivity contribution in [2.24, 2.45) is 4.99 Å². The molecule has 1 nitrogen and oxygen atoms in total. The van der Waals surface area contributed by atoms with Gasteiger partial charge < -0.3 is 0 Å². The maximum absolute atomic E-state index is 4.54. The summed E-state index contributed by atoms with van der Waals surface area (Å²) in [6.07, 6.45) is 10.8. The summed E-state index contributed by atoms with van der Waals surface area (Å²) in [5.74, 6) is 0. The quantitative estimate of drug-likeness (QED) is 0.555. The van der Waals surface area contributed by atoms with E-state index in [0.717, 1.165) is 6.54 Å². The molecule has 0 saturated heterocycles. The Labute approximate surface area is 76.3 Å². The van der Waals surface area contributed by atoms with E-state index in [2.05, 4.69) is 11.9 Å². The van der Waals surface area contributed by atoms with Gasteiger partial charge in [0.25, 0.3) is 0 Å². The second-order valence-corrected chi connectivity index (χ2v) is 3.72. The third kappa shape index (κ3) is 3.89. The Morgan fingerprint density at radius 3 is 2.75 bits per heavy atom. The van der Waals surface area contributed by atoms with E-state index in [-0.39, 0.29) is 0 Å². The fraction of sp³-hybridized carbons (Fsp3) is 0.909. The summed E-state index contributed by atoms with van der Waals surface area (Å²) in [5, 5.41) is 0. The lowest BCUT2D eigenvalue weighted by molar-refractivity contribution is 0.663. The fourth-order valence-electron chi connectivity index (χ4n) is 1.72. The summed E-state index contributed by atoms with van der Waals surface area (Å²) < 4.78 is 0. The summed E-state index contributed by atoms with van der Waals surface area (Å²) in [5.41, 5.74) is 1.50. The van der Waals surface area contributed by atoms with E-state index in [1.54, 1.807) is 0 Å². The van der Waals surface area contributed by atoms with E-state index in [9.17, 15) is 0 Å². The lowest BCUT2D eigenvalue weighted by Gasteiger charge is -2.10. The predicted molar refractivity (Wildman–Crippen MR) is 54.9 cm³/mol. The van der Waals surface area contributed by atoms with Crippen LogP contribution in [0.3, 0.4) is 0 Å². The van der Waals surface area contributed by atoms with E-state index in [4.69, 9.17) is 0 Å². The van der Waals surface area contributed by atoms with E-state index in [1.165, 1.54) is 57.1 Å². The lowest BCUT2D eigenvalue weighted by Crippen LogP contribution is -2.05. The zero-order valence-corrected chi connectivity index (χ0v) is 8.31. The van der Waals surface area contributed by atoms with Gasteiger partial charge in [-0.2, -0.15) is 0 Å². The van der Waals surface area contributed by atoms with Crippen LogP contribution in [0.15, 0.2) is 4.99 Å². The Bertz CT molecular complexity index is 138. The molecule has 0 aromatic rings. The van der Waals surface area contributed by atoms with Crippen LogP contribution < -0.4 is 0 Å². The predicted octanol–water partition coefficient (Wildman–Crippen LogP) is 3.58. The molecule has 70 valence electrons. The van der Waals surface area contributed by atoms with Crippen molar-refractivity contribution in [2.75, 3.05) is 6.54 Å². The van der Waals surface area contributed by atoms with Crippen molar-refractivity contribution in [3.63, 3.8) is 0 Å². The fourth-order valence-corrected chi connectivity index (χ4v) is 1.72. The van der Waals surface area contributed by atoms with Crippen molar-refractivity contribution in [1.29, 1.82) is 0 Å². The van der Waals surface area contributed by atoms with Gasteiger partial charge in [-0.05, 0) is 32.1 Å². The van der Waals surface area contributed by atoms with E-state index in [1.807, 2.05) is 0 Å². The normalized spacial score (nSPS) is 17.6. The standard InChI is InChI=1S/C11H21N/c1-2-3-4-5-8-11-9-6-7-10-12-11/h2-10H2,1H3. The monoisotopic (exact) mass is 167 g/mol. The first-order chi connectivity index (χ1) is 5.93. The van der Waals surface area contributed by atoms with Crippen molar-refractivity contribution >= 4 is 5.71 Å². The number of rotatable bonds is 5. The second-order valence-electron chi connectivity index (χ2n) is 3.72. The SMILES string of the molecule is CCCCCCC1=NCCCC1. The van der Waals surface area contributed by atoms with E-state index >= 15 is 0 Å². The molecule has 1 aliphatic heterocycles. The van der Waals surface area contributed by atoms with Crippen molar-refractivity contribution in [2.45, 2.75) is 58.3 Å². The number of aliphatic imine (C=N–C) groups is 1. The average Bonchev–Trinajstić information content (AvgIpc) is 2.14. The first-order valence-electron chi connectivity index (χ1n) is 5.45. The van der Waals surface area contributed by atoms with Crippen molar-refractivity contribution < 1.29 is 0 Å². The smallest absolute Gasteiger partial charge is 0.0388 e. The number of hydrogen-bond donors (Lipinski definition) is 0. The summed E-state index contributed by atoms with van der Waals surface area (Å²) in [4.78, 5) is 4.54. The molecule has 0 atom stereocenters. The molecule has 1 rings (SSSR count). The number of hydrogen-bond acceptors (Lipinski definition) is 1. The van der Waals surface area contributed by atoms with Gasteiger partial charge in [-0.1, -0.05) is 26.2 Å². The number of unbranched alkanes of at least 4 members (excludes halogenated alkanes) is 3. The molecule has 0 unspecified atom stereocenters. The van der Waals surface area contributed by atoms with Crippen LogP contribution in [-0.2, 0) is 0 Å². The average molecular weight is 167 g/mol. The van der Waals surface area contributed by atoms with Crippen molar-refractivity contribution in [3.05, 3.63) is 0 Å². The highest BCUT2D eigenvalue weighted by atomic mass is 14.7. The molecule has 0 aromatic heterocycles. The van der Waals surface area contributed by atoms with Gasteiger partial charge in [0.15, 0.2) is 0 Å². The van der Waals surface area contributed by atoms with Gasteiger partial charge >= 0.3 is 0 Å². The van der Waals surface area contributed by atoms with Gasteiger partial charge in [-0.3, -0.25) is 4.99 Å². The second kappa shape index (κ2) is 6.22. The molecule has 1 aliphatic rings. The number of nitrogens with zero attached hydrogens (tertiary/aromatic N) is 1. The molecule has 0 aliphatic carbocycles. The summed E-state index contributed by atoms with van der Waals surface area (Å²) in [7, 11) is 0. The highest BCUT2D eigenvalue weighted by Crippen LogP contribution is 2.12. The third-order valence-electron chi connectivity index (χ3n) is 2.53. The summed E-state index contributed by atoms with van der Waals surface area (Å²) >= 11 is 0. The zero-order valence-electron chi connectivity index (χ0n) is 8.31. The molecule has 12 heavy (non-hydrogen) atoms. The van der Waals surface area contributed by atoms with Gasteiger partial charge in [-0.15, -0.1) is 0 Å². The lowest BCUT2D eigenvalue weighted by atomic mass is 10.0. The van der Waals surface area contributed by atoms with Crippen LogP contribution in [0.4, 0.5) is 0 Å². The van der Waals surface area contributed by atoms with Gasteiger partial charge in [0.1, 0.15) is 0 Å². The summed E-state index contributed by atoms with van der Waals surface area (Å²) in [6, 6.07) is 0. The Morgan fingerprint density at radius 2 is 2.08 bits per heavy atom. The van der Waals surface area contributed by atoms with Crippen LogP contribution in [0.5, 0.6) is 0 Å². The van der Waals surface area contributed by atoms with Crippen LogP contribution in [0.1, 0.15) is 58.3 Å². The van der Waals surface area contributed by atoms with Gasteiger partial charge in [0, 0.05) is 12.3 Å². The molecule has 0 saturated carbocycles. The molecular formula is C11H21N. The maximum Gasteiger partial charge on any atom is 0.0388 e. The molecular weight excluding hydrogens is 146 g/mol. The molecule has 1 heteroatoms. The highest BCUT2D eigenvalue weighted by molar-refractivity contribution is 5.84. The van der Waals surface area contributed by atoms with Gasteiger partial charge in [-0.25, -0.2) is 0 Å². The molecule has 1 heterocycles. The van der Waals surface area contributed by atoms with Crippen LogP contribution in [-0.4, -0.2) is 12.3 Å². The Balaban J connectivity index is 2.01. The highest BCUT2D eigenvalue weighted by Gasteiger charge is 2.03. The Kier molecular flexibility index (Phi) is 5.05. The van der Waals surface area contributed by atoms with Crippen LogP contribution in [0, 0.1) is 0 Å². The minimum atomic E-state index is 1.10.